The SMILES string of the molecule is CC[Si](OC)(OC)OC.CO[Si](CCCOCC1CO1)(OC)OC. The van der Waals surface area contributed by atoms with E-state index in [1.165, 1.54) is 0 Å². The molecule has 8 nitrogen and oxygen atoms in total. The summed E-state index contributed by atoms with van der Waals surface area (Å²) >= 11 is 0. The summed E-state index contributed by atoms with van der Waals surface area (Å²) < 4.78 is 41.6. The minimum Gasteiger partial charge on any atom is -0.379 e. The van der Waals surface area contributed by atoms with Gasteiger partial charge in [-0.3, -0.25) is 0 Å². The number of hydrogen-bond donors (Lipinski definition) is 0. The monoisotopic (exact) mass is 386 g/mol. The lowest BCUT2D eigenvalue weighted by Crippen LogP contribution is -2.42. The van der Waals surface area contributed by atoms with Gasteiger partial charge in [0.15, 0.2) is 0 Å². The van der Waals surface area contributed by atoms with E-state index in [4.69, 9.17) is 36.0 Å². The Morgan fingerprint density at radius 2 is 1.29 bits per heavy atom. The van der Waals surface area contributed by atoms with E-state index in [0.717, 1.165) is 25.1 Å². The van der Waals surface area contributed by atoms with Crippen LogP contribution in [0.3, 0.4) is 0 Å². The molecule has 1 aliphatic rings. The lowest BCUT2D eigenvalue weighted by molar-refractivity contribution is 0.100. The quantitative estimate of drug-likeness (QED) is 0.268. The van der Waals surface area contributed by atoms with Crippen LogP contribution >= 0.6 is 0 Å². The molecule has 1 saturated heterocycles. The van der Waals surface area contributed by atoms with Crippen LogP contribution in [0.4, 0.5) is 0 Å². The first-order chi connectivity index (χ1) is 11.5. The molecule has 146 valence electrons. The predicted octanol–water partition coefficient (Wildman–Crippen LogP) is 1.55. The molecule has 0 aromatic heterocycles. The summed E-state index contributed by atoms with van der Waals surface area (Å²) in [5.41, 5.74) is 0. The maximum Gasteiger partial charge on any atom is 0.500 e. The Kier molecular flexibility index (Phi) is 13.4. The zero-order chi connectivity index (χ0) is 18.5. The lowest BCUT2D eigenvalue weighted by atomic mass is 10.5. The van der Waals surface area contributed by atoms with E-state index in [0.29, 0.717) is 19.3 Å². The third-order valence-corrected chi connectivity index (χ3v) is 9.34. The Labute approximate surface area is 148 Å². The van der Waals surface area contributed by atoms with Crippen molar-refractivity contribution in [3.05, 3.63) is 0 Å². The molecule has 1 aliphatic heterocycles. The van der Waals surface area contributed by atoms with Crippen LogP contribution in [0.25, 0.3) is 0 Å². The highest BCUT2D eigenvalue weighted by Crippen LogP contribution is 2.15. The van der Waals surface area contributed by atoms with E-state index in [9.17, 15) is 0 Å². The van der Waals surface area contributed by atoms with Gasteiger partial charge < -0.3 is 36.0 Å². The van der Waals surface area contributed by atoms with Crippen LogP contribution in [0.5, 0.6) is 0 Å². The predicted molar refractivity (Wildman–Crippen MR) is 94.0 cm³/mol. The van der Waals surface area contributed by atoms with Crippen molar-refractivity contribution in [1.82, 2.24) is 0 Å². The highest BCUT2D eigenvalue weighted by atomic mass is 28.4. The standard InChI is InChI=1S/C9H20O5Si.C5H14O3Si/c1-10-15(11-2,12-3)6-4-5-13-7-9-8-14-9;1-5-9(6-2,7-3)8-4/h9H,4-8H2,1-3H3;5H2,1-4H3. The van der Waals surface area contributed by atoms with Crippen LogP contribution in [0, 0.1) is 0 Å². The molecular weight excluding hydrogens is 352 g/mol. The van der Waals surface area contributed by atoms with E-state index in [1.54, 1.807) is 42.7 Å². The summed E-state index contributed by atoms with van der Waals surface area (Å²) in [5, 5.41) is 0. The summed E-state index contributed by atoms with van der Waals surface area (Å²) in [7, 11) is 5.13. The number of ether oxygens (including phenoxy) is 2. The lowest BCUT2D eigenvalue weighted by Gasteiger charge is -2.24. The van der Waals surface area contributed by atoms with Gasteiger partial charge in [0.05, 0.1) is 13.2 Å². The number of rotatable bonds is 13. The van der Waals surface area contributed by atoms with Gasteiger partial charge in [0.1, 0.15) is 6.10 Å². The fourth-order valence-electron chi connectivity index (χ4n) is 2.01. The average molecular weight is 387 g/mol. The molecule has 1 heterocycles. The molecule has 0 saturated carbocycles. The Morgan fingerprint density at radius 1 is 0.833 bits per heavy atom. The van der Waals surface area contributed by atoms with Gasteiger partial charge in [0.25, 0.3) is 0 Å². The molecular formula is C14H34O8Si2. The average Bonchev–Trinajstić information content (AvgIpc) is 3.46. The largest absolute Gasteiger partial charge is 0.500 e. The first-order valence-electron chi connectivity index (χ1n) is 8.01. The molecule has 0 bridgehead atoms. The van der Waals surface area contributed by atoms with Gasteiger partial charge in [0, 0.05) is 61.4 Å². The van der Waals surface area contributed by atoms with Gasteiger partial charge in [-0.05, 0) is 6.42 Å². The summed E-state index contributed by atoms with van der Waals surface area (Å²) in [6.45, 7) is 4.22. The van der Waals surface area contributed by atoms with Gasteiger partial charge in [-0.15, -0.1) is 0 Å². The Hall–Kier alpha value is 0.114. The van der Waals surface area contributed by atoms with Crippen LogP contribution in [0.1, 0.15) is 13.3 Å². The fourth-order valence-corrected chi connectivity index (χ4v) is 5.06. The molecule has 0 aliphatic carbocycles. The molecule has 0 N–H and O–H groups in total. The van der Waals surface area contributed by atoms with Crippen molar-refractivity contribution in [3.8, 4) is 0 Å². The summed E-state index contributed by atoms with van der Waals surface area (Å²) in [4.78, 5) is 0. The third-order valence-electron chi connectivity index (χ3n) is 3.78. The van der Waals surface area contributed by atoms with Crippen molar-refractivity contribution in [1.29, 1.82) is 0 Å². The van der Waals surface area contributed by atoms with E-state index < -0.39 is 17.6 Å². The summed E-state index contributed by atoms with van der Waals surface area (Å²) in [5.74, 6) is 0. The minimum atomic E-state index is -2.39. The first kappa shape index (κ1) is 24.1. The van der Waals surface area contributed by atoms with Gasteiger partial charge in [-0.25, -0.2) is 0 Å². The maximum absolute atomic E-state index is 5.42. The van der Waals surface area contributed by atoms with Crippen LogP contribution in [-0.4, -0.2) is 86.2 Å². The maximum atomic E-state index is 5.42. The zero-order valence-electron chi connectivity index (χ0n) is 16.1. The Balaban J connectivity index is 0.000000506. The molecule has 1 unspecified atom stereocenters. The third kappa shape index (κ3) is 8.99. The summed E-state index contributed by atoms with van der Waals surface area (Å²) in [6.07, 6.45) is 1.22. The Bertz CT molecular complexity index is 271. The van der Waals surface area contributed by atoms with E-state index in [2.05, 4.69) is 0 Å². The topological polar surface area (TPSA) is 77.1 Å². The fraction of sp³-hybridized carbons (Fsp3) is 1.00. The molecule has 1 fully saturated rings. The van der Waals surface area contributed by atoms with Crippen LogP contribution in [0.15, 0.2) is 0 Å². The number of hydrogen-bond acceptors (Lipinski definition) is 8. The second kappa shape index (κ2) is 13.3. The smallest absolute Gasteiger partial charge is 0.379 e. The molecule has 24 heavy (non-hydrogen) atoms. The van der Waals surface area contributed by atoms with Crippen molar-refractivity contribution in [2.45, 2.75) is 31.5 Å². The molecule has 0 spiro atoms. The first-order valence-corrected chi connectivity index (χ1v) is 11.9. The van der Waals surface area contributed by atoms with Crippen molar-refractivity contribution in [2.75, 3.05) is 62.5 Å². The minimum absolute atomic E-state index is 0.333. The van der Waals surface area contributed by atoms with Crippen molar-refractivity contribution in [2.24, 2.45) is 0 Å². The Morgan fingerprint density at radius 3 is 1.58 bits per heavy atom. The molecule has 1 atom stereocenters. The van der Waals surface area contributed by atoms with Gasteiger partial charge in [-0.2, -0.15) is 0 Å². The van der Waals surface area contributed by atoms with Gasteiger partial charge >= 0.3 is 17.6 Å². The highest BCUT2D eigenvalue weighted by Gasteiger charge is 2.37. The molecule has 0 aromatic carbocycles. The highest BCUT2D eigenvalue weighted by molar-refractivity contribution is 6.60. The molecule has 0 radical (unpaired) electrons. The molecule has 0 amide bonds. The second-order valence-corrected chi connectivity index (χ2v) is 11.5. The summed E-state index contributed by atoms with van der Waals surface area (Å²) in [6, 6.07) is 1.60. The normalized spacial score (nSPS) is 17.4. The van der Waals surface area contributed by atoms with Crippen LogP contribution < -0.4 is 0 Å². The van der Waals surface area contributed by atoms with Gasteiger partial charge in [-0.1, -0.05) is 6.92 Å². The zero-order valence-corrected chi connectivity index (χ0v) is 18.1. The van der Waals surface area contributed by atoms with E-state index >= 15 is 0 Å². The van der Waals surface area contributed by atoms with Crippen LogP contribution in [-0.2, 0) is 36.0 Å². The molecule has 1 rings (SSSR count). The van der Waals surface area contributed by atoms with Gasteiger partial charge in [0.2, 0.25) is 0 Å². The van der Waals surface area contributed by atoms with Crippen molar-refractivity contribution < 1.29 is 36.0 Å². The van der Waals surface area contributed by atoms with Crippen molar-refractivity contribution in [3.63, 3.8) is 0 Å². The second-order valence-electron chi connectivity index (χ2n) is 5.08. The van der Waals surface area contributed by atoms with E-state index in [-0.39, 0.29) is 0 Å². The molecule has 0 aromatic rings. The number of epoxide rings is 1. The molecule has 10 heteroatoms. The van der Waals surface area contributed by atoms with E-state index in [1.807, 2.05) is 6.92 Å². The van der Waals surface area contributed by atoms with Crippen molar-refractivity contribution >= 4 is 17.6 Å². The van der Waals surface area contributed by atoms with Crippen LogP contribution in [0.2, 0.25) is 12.1 Å².